The highest BCUT2D eigenvalue weighted by molar-refractivity contribution is 7.92. The number of nitrogens with one attached hydrogen (secondary N) is 2. The molecule has 8 nitrogen and oxygen atoms in total. The number of carbonyl (C=O) groups is 1. The number of aromatic amines is 1. The van der Waals surface area contributed by atoms with Gasteiger partial charge in [0, 0.05) is 6.42 Å². The molecule has 26 heavy (non-hydrogen) atoms. The predicted octanol–water partition coefficient (Wildman–Crippen LogP) is 1.87. The molecular formula is C16H15FN4O4S. The van der Waals surface area contributed by atoms with E-state index in [-0.39, 0.29) is 21.7 Å². The fourth-order valence-electron chi connectivity index (χ4n) is 2.42. The van der Waals surface area contributed by atoms with Gasteiger partial charge in [-0.25, -0.2) is 17.8 Å². The monoisotopic (exact) mass is 378 g/mol. The quantitative estimate of drug-likeness (QED) is 0.537. The van der Waals surface area contributed by atoms with Crippen molar-refractivity contribution in [2.45, 2.75) is 18.2 Å². The zero-order valence-electron chi connectivity index (χ0n) is 13.6. The van der Waals surface area contributed by atoms with Crippen LogP contribution in [-0.4, -0.2) is 29.4 Å². The van der Waals surface area contributed by atoms with Crippen molar-refractivity contribution in [3.05, 3.63) is 47.5 Å². The second kappa shape index (κ2) is 6.30. The van der Waals surface area contributed by atoms with Crippen LogP contribution in [0.3, 0.4) is 0 Å². The number of H-pyrrole nitrogens is 1. The molecule has 3 rings (SSSR count). The lowest BCUT2D eigenvalue weighted by Gasteiger charge is -2.10. The van der Waals surface area contributed by atoms with Crippen LogP contribution >= 0.6 is 0 Å². The minimum atomic E-state index is -4.22. The Hall–Kier alpha value is -3.14. The number of fused-ring (bicyclic) bond motifs is 1. The zero-order valence-corrected chi connectivity index (χ0v) is 14.4. The topological polar surface area (TPSA) is 138 Å². The molecule has 0 saturated carbocycles. The van der Waals surface area contributed by atoms with Gasteiger partial charge < -0.3 is 15.8 Å². The van der Waals surface area contributed by atoms with Gasteiger partial charge in [0.15, 0.2) is 5.82 Å². The zero-order chi connectivity index (χ0) is 19.1. The van der Waals surface area contributed by atoms with Gasteiger partial charge in [-0.05, 0) is 30.3 Å². The Morgan fingerprint density at radius 3 is 2.73 bits per heavy atom. The Labute approximate surface area is 147 Å². The average Bonchev–Trinajstić information content (AvgIpc) is 3.01. The van der Waals surface area contributed by atoms with E-state index in [1.54, 1.807) is 0 Å². The van der Waals surface area contributed by atoms with E-state index in [1.165, 1.54) is 12.1 Å². The molecule has 0 unspecified atom stereocenters. The fourth-order valence-corrected chi connectivity index (χ4v) is 3.51. The van der Waals surface area contributed by atoms with Gasteiger partial charge in [-0.15, -0.1) is 0 Å². The van der Waals surface area contributed by atoms with Crippen LogP contribution in [0.5, 0.6) is 5.75 Å². The number of anilines is 1. The lowest BCUT2D eigenvalue weighted by molar-refractivity contribution is 0.0997. The molecule has 3 aromatic rings. The lowest BCUT2D eigenvalue weighted by Crippen LogP contribution is -2.16. The van der Waals surface area contributed by atoms with Crippen molar-refractivity contribution in [1.29, 1.82) is 0 Å². The van der Waals surface area contributed by atoms with Crippen LogP contribution in [-0.2, 0) is 16.4 Å². The summed E-state index contributed by atoms with van der Waals surface area (Å²) in [6.45, 7) is 1.85. The number of rotatable bonds is 5. The number of phenols is 1. The van der Waals surface area contributed by atoms with E-state index in [0.29, 0.717) is 17.8 Å². The number of aryl methyl sites for hydroxylation is 1. The highest BCUT2D eigenvalue weighted by atomic mass is 32.2. The first kappa shape index (κ1) is 17.7. The first-order valence-electron chi connectivity index (χ1n) is 7.55. The van der Waals surface area contributed by atoms with Crippen molar-refractivity contribution in [3.8, 4) is 5.75 Å². The van der Waals surface area contributed by atoms with Gasteiger partial charge in [-0.1, -0.05) is 6.92 Å². The molecule has 10 heteroatoms. The van der Waals surface area contributed by atoms with Crippen LogP contribution < -0.4 is 10.5 Å². The first-order chi connectivity index (χ1) is 12.2. The first-order valence-corrected chi connectivity index (χ1v) is 9.04. The van der Waals surface area contributed by atoms with Gasteiger partial charge in [-0.2, -0.15) is 0 Å². The number of halogens is 1. The fraction of sp³-hybridized carbons (Fsp3) is 0.125. The number of hydrogen-bond donors (Lipinski definition) is 4. The summed E-state index contributed by atoms with van der Waals surface area (Å²) in [7, 11) is -4.22. The Bertz CT molecular complexity index is 1120. The molecule has 0 saturated heterocycles. The third-order valence-corrected chi connectivity index (χ3v) is 5.13. The standard InChI is InChI=1S/C16H15FN4O4S/c1-2-13-19-11-5-4-10(14(17)15(11)20-13)21-26(24,25)8-3-6-12(22)9(7-8)16(18)23/h3-7,21-22H,2H2,1H3,(H2,18,23)(H,19,20). The Morgan fingerprint density at radius 1 is 1.35 bits per heavy atom. The van der Waals surface area contributed by atoms with Crippen molar-refractivity contribution in [2.75, 3.05) is 4.72 Å². The smallest absolute Gasteiger partial charge is 0.262 e. The normalized spacial score (nSPS) is 11.6. The summed E-state index contributed by atoms with van der Waals surface area (Å²) in [4.78, 5) is 17.9. The lowest BCUT2D eigenvalue weighted by atomic mass is 10.2. The van der Waals surface area contributed by atoms with Crippen LogP contribution in [0.4, 0.5) is 10.1 Å². The Morgan fingerprint density at radius 2 is 2.08 bits per heavy atom. The minimum absolute atomic E-state index is 0.0191. The summed E-state index contributed by atoms with van der Waals surface area (Å²) in [5, 5.41) is 9.56. The number of benzene rings is 2. The maximum absolute atomic E-state index is 14.6. The highest BCUT2D eigenvalue weighted by Gasteiger charge is 2.21. The van der Waals surface area contributed by atoms with Gasteiger partial charge in [0.05, 0.1) is 21.7 Å². The van der Waals surface area contributed by atoms with Gasteiger partial charge >= 0.3 is 0 Å². The Balaban J connectivity index is 2.02. The SMILES string of the molecule is CCc1nc2c(F)c(NS(=O)(=O)c3ccc(O)c(C(N)=O)c3)ccc2[nH]1. The summed E-state index contributed by atoms with van der Waals surface area (Å²) in [5.41, 5.74) is 4.91. The van der Waals surface area contributed by atoms with E-state index in [9.17, 15) is 22.7 Å². The van der Waals surface area contributed by atoms with E-state index >= 15 is 0 Å². The van der Waals surface area contributed by atoms with E-state index in [1.807, 2.05) is 6.92 Å². The van der Waals surface area contributed by atoms with Gasteiger partial charge in [0.25, 0.3) is 15.9 Å². The molecule has 0 bridgehead atoms. The maximum atomic E-state index is 14.6. The number of hydrogen-bond acceptors (Lipinski definition) is 5. The molecule has 0 fully saturated rings. The Kier molecular flexibility index (Phi) is 4.28. The van der Waals surface area contributed by atoms with Gasteiger partial charge in [0.1, 0.15) is 17.1 Å². The number of sulfonamides is 1. The molecule has 5 N–H and O–H groups in total. The van der Waals surface area contributed by atoms with Gasteiger partial charge in [-0.3, -0.25) is 9.52 Å². The molecule has 0 spiro atoms. The van der Waals surface area contributed by atoms with Crippen LogP contribution in [0.15, 0.2) is 35.2 Å². The minimum Gasteiger partial charge on any atom is -0.507 e. The molecule has 2 aromatic carbocycles. The van der Waals surface area contributed by atoms with E-state index in [0.717, 1.165) is 18.2 Å². The van der Waals surface area contributed by atoms with Gasteiger partial charge in [0.2, 0.25) is 0 Å². The molecule has 0 atom stereocenters. The van der Waals surface area contributed by atoms with Crippen LogP contribution in [0, 0.1) is 5.82 Å². The summed E-state index contributed by atoms with van der Waals surface area (Å²) in [5.74, 6) is -1.69. The maximum Gasteiger partial charge on any atom is 0.262 e. The third-order valence-electron chi connectivity index (χ3n) is 3.76. The van der Waals surface area contributed by atoms with Crippen molar-refractivity contribution >= 4 is 32.7 Å². The second-order valence-electron chi connectivity index (χ2n) is 5.51. The predicted molar refractivity (Wildman–Crippen MR) is 92.9 cm³/mol. The highest BCUT2D eigenvalue weighted by Crippen LogP contribution is 2.27. The van der Waals surface area contributed by atoms with Crippen molar-refractivity contribution in [3.63, 3.8) is 0 Å². The van der Waals surface area contributed by atoms with E-state index in [2.05, 4.69) is 14.7 Å². The number of aromatic hydroxyl groups is 1. The average molecular weight is 378 g/mol. The number of nitrogens with zero attached hydrogens (tertiary/aromatic N) is 1. The van der Waals surface area contributed by atoms with Crippen LogP contribution in [0.2, 0.25) is 0 Å². The van der Waals surface area contributed by atoms with Crippen LogP contribution in [0.25, 0.3) is 11.0 Å². The van der Waals surface area contributed by atoms with E-state index < -0.39 is 27.5 Å². The molecule has 136 valence electrons. The number of imidazole rings is 1. The van der Waals surface area contributed by atoms with Crippen LogP contribution in [0.1, 0.15) is 23.1 Å². The summed E-state index contributed by atoms with van der Waals surface area (Å²) in [6, 6.07) is 5.79. The molecule has 0 aliphatic rings. The largest absolute Gasteiger partial charge is 0.507 e. The van der Waals surface area contributed by atoms with Crippen molar-refractivity contribution < 1.29 is 22.7 Å². The molecule has 0 aliphatic carbocycles. The molecule has 1 heterocycles. The summed E-state index contributed by atoms with van der Waals surface area (Å²) in [6.07, 6.45) is 0.568. The molecular weight excluding hydrogens is 363 g/mol. The van der Waals surface area contributed by atoms with Crippen molar-refractivity contribution in [1.82, 2.24) is 9.97 Å². The second-order valence-corrected chi connectivity index (χ2v) is 7.19. The number of primary amides is 1. The third kappa shape index (κ3) is 3.06. The number of aromatic nitrogens is 2. The summed E-state index contributed by atoms with van der Waals surface area (Å²) >= 11 is 0. The number of amides is 1. The molecule has 0 aliphatic heterocycles. The molecule has 1 amide bonds. The molecule has 1 aromatic heterocycles. The molecule has 0 radical (unpaired) electrons. The number of carbonyl (C=O) groups excluding carboxylic acids is 1. The number of nitrogens with two attached hydrogens (primary N) is 1. The van der Waals surface area contributed by atoms with E-state index in [4.69, 9.17) is 5.73 Å². The summed E-state index contributed by atoms with van der Waals surface area (Å²) < 4.78 is 41.7. The van der Waals surface area contributed by atoms with Crippen molar-refractivity contribution in [2.24, 2.45) is 5.73 Å².